The average molecular weight is 280 g/mol. The van der Waals surface area contributed by atoms with E-state index in [0.717, 1.165) is 0 Å². The number of rotatable bonds is 4. The fourth-order valence-corrected chi connectivity index (χ4v) is 1.46. The molecule has 1 aromatic rings. The first-order valence-corrected chi connectivity index (χ1v) is 6.39. The van der Waals surface area contributed by atoms with Crippen LogP contribution >= 0.6 is 0 Å². The number of aliphatic hydroxyl groups excluding tert-OH is 1. The van der Waals surface area contributed by atoms with E-state index in [-0.39, 0.29) is 17.7 Å². The van der Waals surface area contributed by atoms with Gasteiger partial charge in [-0.15, -0.1) is 0 Å². The number of esters is 2. The molecule has 0 radical (unpaired) electrons. The Labute approximate surface area is 118 Å². The second-order valence-electron chi connectivity index (χ2n) is 5.45. The lowest BCUT2D eigenvalue weighted by Gasteiger charge is -2.20. The molecule has 0 amide bonds. The highest BCUT2D eigenvalue weighted by Gasteiger charge is 2.24. The molecule has 0 aromatic heterocycles. The van der Waals surface area contributed by atoms with Crippen LogP contribution in [0.5, 0.6) is 0 Å². The monoisotopic (exact) mass is 280 g/mol. The SMILES string of the molecule is CC(CO)OC(=O)c1ccccc1C(=O)OC(C)(C)C. The summed E-state index contributed by atoms with van der Waals surface area (Å²) in [7, 11) is 0. The van der Waals surface area contributed by atoms with Crippen LogP contribution in [0.4, 0.5) is 0 Å². The minimum atomic E-state index is -0.659. The molecule has 0 spiro atoms. The van der Waals surface area contributed by atoms with E-state index in [2.05, 4.69) is 0 Å². The molecule has 20 heavy (non-hydrogen) atoms. The first-order valence-electron chi connectivity index (χ1n) is 6.39. The Kier molecular flexibility index (Phi) is 5.27. The quantitative estimate of drug-likeness (QED) is 0.856. The number of ether oxygens (including phenoxy) is 2. The first kappa shape index (κ1) is 16.2. The third-order valence-corrected chi connectivity index (χ3v) is 2.33. The highest BCUT2D eigenvalue weighted by molar-refractivity contribution is 6.03. The van der Waals surface area contributed by atoms with E-state index in [9.17, 15) is 9.59 Å². The zero-order chi connectivity index (χ0) is 15.3. The van der Waals surface area contributed by atoms with Crippen LogP contribution in [0.15, 0.2) is 24.3 Å². The Morgan fingerprint density at radius 2 is 1.65 bits per heavy atom. The molecular weight excluding hydrogens is 260 g/mol. The highest BCUT2D eigenvalue weighted by Crippen LogP contribution is 2.17. The number of aliphatic hydroxyl groups is 1. The molecule has 0 aliphatic rings. The lowest BCUT2D eigenvalue weighted by molar-refractivity contribution is 0.00543. The molecule has 0 bridgehead atoms. The predicted octanol–water partition coefficient (Wildman–Crippen LogP) is 2.18. The van der Waals surface area contributed by atoms with Gasteiger partial charge in [-0.3, -0.25) is 0 Å². The summed E-state index contributed by atoms with van der Waals surface area (Å²) in [4.78, 5) is 24.0. The van der Waals surface area contributed by atoms with E-state index in [1.54, 1.807) is 39.8 Å². The topological polar surface area (TPSA) is 72.8 Å². The van der Waals surface area contributed by atoms with E-state index >= 15 is 0 Å². The minimum absolute atomic E-state index is 0.127. The Bertz CT molecular complexity index is 487. The van der Waals surface area contributed by atoms with Crippen molar-refractivity contribution in [1.82, 2.24) is 0 Å². The second-order valence-corrected chi connectivity index (χ2v) is 5.45. The van der Waals surface area contributed by atoms with E-state index < -0.39 is 23.6 Å². The molecule has 0 aliphatic carbocycles. The number of carbonyl (C=O) groups is 2. The molecule has 1 atom stereocenters. The fourth-order valence-electron chi connectivity index (χ4n) is 1.46. The molecule has 0 fully saturated rings. The van der Waals surface area contributed by atoms with Crippen LogP contribution in [0.2, 0.25) is 0 Å². The van der Waals surface area contributed by atoms with Crippen LogP contribution in [0.1, 0.15) is 48.4 Å². The third kappa shape index (κ3) is 4.66. The maximum absolute atomic E-state index is 12.1. The fraction of sp³-hybridized carbons (Fsp3) is 0.467. The minimum Gasteiger partial charge on any atom is -0.457 e. The standard InChI is InChI=1S/C15H20O5/c1-10(9-16)19-13(17)11-7-5-6-8-12(11)14(18)20-15(2,3)4/h5-8,10,16H,9H2,1-4H3. The summed E-state index contributed by atoms with van der Waals surface area (Å²) >= 11 is 0. The summed E-state index contributed by atoms with van der Waals surface area (Å²) in [6.45, 7) is 6.54. The zero-order valence-corrected chi connectivity index (χ0v) is 12.2. The van der Waals surface area contributed by atoms with Crippen LogP contribution < -0.4 is 0 Å². The van der Waals surface area contributed by atoms with Gasteiger partial charge in [-0.25, -0.2) is 9.59 Å². The van der Waals surface area contributed by atoms with Gasteiger partial charge in [0.25, 0.3) is 0 Å². The van der Waals surface area contributed by atoms with Crippen molar-refractivity contribution in [3.05, 3.63) is 35.4 Å². The molecular formula is C15H20O5. The molecule has 1 aromatic carbocycles. The van der Waals surface area contributed by atoms with Crippen molar-refractivity contribution < 1.29 is 24.2 Å². The Balaban J connectivity index is 2.99. The third-order valence-electron chi connectivity index (χ3n) is 2.33. The molecule has 0 saturated heterocycles. The van der Waals surface area contributed by atoms with Crippen molar-refractivity contribution in [3.63, 3.8) is 0 Å². The largest absolute Gasteiger partial charge is 0.457 e. The summed E-state index contributed by atoms with van der Waals surface area (Å²) in [6.07, 6.45) is -0.630. The summed E-state index contributed by atoms with van der Waals surface area (Å²) < 4.78 is 10.3. The van der Waals surface area contributed by atoms with Crippen LogP contribution in [-0.4, -0.2) is 35.4 Å². The predicted molar refractivity (Wildman–Crippen MR) is 73.6 cm³/mol. The highest BCUT2D eigenvalue weighted by atomic mass is 16.6. The van der Waals surface area contributed by atoms with Gasteiger partial charge < -0.3 is 14.6 Å². The van der Waals surface area contributed by atoms with Gasteiger partial charge in [0.2, 0.25) is 0 Å². The Morgan fingerprint density at radius 1 is 1.15 bits per heavy atom. The van der Waals surface area contributed by atoms with Gasteiger partial charge in [0.05, 0.1) is 17.7 Å². The molecule has 1 rings (SSSR count). The van der Waals surface area contributed by atoms with Crippen molar-refractivity contribution in [2.75, 3.05) is 6.61 Å². The van der Waals surface area contributed by atoms with Crippen molar-refractivity contribution in [2.45, 2.75) is 39.4 Å². The normalized spacial score (nSPS) is 12.7. The van der Waals surface area contributed by atoms with Gasteiger partial charge in [-0.05, 0) is 39.8 Å². The van der Waals surface area contributed by atoms with Gasteiger partial charge in [-0.2, -0.15) is 0 Å². The van der Waals surface area contributed by atoms with E-state index in [0.29, 0.717) is 0 Å². The first-order chi connectivity index (χ1) is 9.24. The van der Waals surface area contributed by atoms with Gasteiger partial charge in [-0.1, -0.05) is 12.1 Å². The maximum Gasteiger partial charge on any atom is 0.339 e. The van der Waals surface area contributed by atoms with Crippen molar-refractivity contribution in [2.24, 2.45) is 0 Å². The number of carbonyl (C=O) groups excluding carboxylic acids is 2. The van der Waals surface area contributed by atoms with Gasteiger partial charge >= 0.3 is 11.9 Å². The van der Waals surface area contributed by atoms with Gasteiger partial charge in [0.1, 0.15) is 11.7 Å². The molecule has 5 nitrogen and oxygen atoms in total. The Morgan fingerprint density at radius 3 is 2.10 bits per heavy atom. The molecule has 110 valence electrons. The van der Waals surface area contributed by atoms with Crippen molar-refractivity contribution in [1.29, 1.82) is 0 Å². The maximum atomic E-state index is 12.1. The lowest BCUT2D eigenvalue weighted by atomic mass is 10.1. The summed E-state index contributed by atoms with van der Waals surface area (Å²) in [5, 5.41) is 8.89. The van der Waals surface area contributed by atoms with Gasteiger partial charge in [0, 0.05) is 0 Å². The lowest BCUT2D eigenvalue weighted by Crippen LogP contribution is -2.26. The summed E-state index contributed by atoms with van der Waals surface area (Å²) in [5.41, 5.74) is -0.369. The molecule has 1 N–H and O–H groups in total. The molecule has 0 aliphatic heterocycles. The van der Waals surface area contributed by atoms with E-state index in [4.69, 9.17) is 14.6 Å². The van der Waals surface area contributed by atoms with Crippen LogP contribution in [0, 0.1) is 0 Å². The van der Waals surface area contributed by atoms with E-state index in [1.807, 2.05) is 0 Å². The molecule has 0 heterocycles. The number of benzene rings is 1. The Hall–Kier alpha value is -1.88. The average Bonchev–Trinajstić information content (AvgIpc) is 2.36. The van der Waals surface area contributed by atoms with Crippen LogP contribution in [-0.2, 0) is 9.47 Å². The van der Waals surface area contributed by atoms with Crippen LogP contribution in [0.25, 0.3) is 0 Å². The summed E-state index contributed by atoms with van der Waals surface area (Å²) in [6, 6.07) is 6.28. The second kappa shape index (κ2) is 6.52. The molecule has 0 saturated carbocycles. The summed E-state index contributed by atoms with van der Waals surface area (Å²) in [5.74, 6) is -1.24. The molecule has 5 heteroatoms. The number of hydrogen-bond acceptors (Lipinski definition) is 5. The number of hydrogen-bond donors (Lipinski definition) is 1. The van der Waals surface area contributed by atoms with Crippen molar-refractivity contribution in [3.8, 4) is 0 Å². The van der Waals surface area contributed by atoms with Gasteiger partial charge in [0.15, 0.2) is 0 Å². The molecule has 1 unspecified atom stereocenters. The smallest absolute Gasteiger partial charge is 0.339 e. The van der Waals surface area contributed by atoms with Crippen molar-refractivity contribution >= 4 is 11.9 Å². The zero-order valence-electron chi connectivity index (χ0n) is 12.2. The van der Waals surface area contributed by atoms with E-state index in [1.165, 1.54) is 12.1 Å². The van der Waals surface area contributed by atoms with Crippen LogP contribution in [0.3, 0.4) is 0 Å².